The van der Waals surface area contributed by atoms with E-state index in [1.54, 1.807) is 23.7 Å². The Bertz CT molecular complexity index is 881. The summed E-state index contributed by atoms with van der Waals surface area (Å²) in [5.74, 6) is 1.82. The monoisotopic (exact) mass is 390 g/mol. The van der Waals surface area contributed by atoms with Crippen molar-refractivity contribution in [3.63, 3.8) is 0 Å². The van der Waals surface area contributed by atoms with Crippen LogP contribution in [0.3, 0.4) is 0 Å². The van der Waals surface area contributed by atoms with Crippen LogP contribution in [0, 0.1) is 13.8 Å². The van der Waals surface area contributed by atoms with Crippen molar-refractivity contribution in [2.24, 2.45) is 0 Å². The summed E-state index contributed by atoms with van der Waals surface area (Å²) in [6.07, 6.45) is 1.59. The van der Waals surface area contributed by atoms with Gasteiger partial charge in [-0.2, -0.15) is 0 Å². The zero-order chi connectivity index (χ0) is 18.7. The van der Waals surface area contributed by atoms with Crippen molar-refractivity contribution in [2.45, 2.75) is 45.4 Å². The highest BCUT2D eigenvalue weighted by molar-refractivity contribution is 7.99. The lowest BCUT2D eigenvalue weighted by Gasteiger charge is -2.13. The normalized spacial score (nSPS) is 11.3. The maximum Gasteiger partial charge on any atom is 0.230 e. The average Bonchev–Trinajstić information content (AvgIpc) is 3.33. The molecule has 3 rings (SSSR count). The Hall–Kier alpha value is -2.06. The van der Waals surface area contributed by atoms with Gasteiger partial charge in [-0.15, -0.1) is 21.5 Å². The van der Waals surface area contributed by atoms with Gasteiger partial charge in [-0.1, -0.05) is 11.8 Å². The predicted molar refractivity (Wildman–Crippen MR) is 104 cm³/mol. The number of carbonyl (C=O) groups is 1. The van der Waals surface area contributed by atoms with Gasteiger partial charge in [0.15, 0.2) is 11.0 Å². The Morgan fingerprint density at radius 3 is 2.81 bits per heavy atom. The Labute approximate surface area is 161 Å². The first-order valence-corrected chi connectivity index (χ1v) is 10.3. The van der Waals surface area contributed by atoms with E-state index in [-0.39, 0.29) is 17.7 Å². The van der Waals surface area contributed by atoms with Crippen molar-refractivity contribution in [3.05, 3.63) is 40.0 Å². The van der Waals surface area contributed by atoms with Crippen LogP contribution in [0.4, 0.5) is 0 Å². The number of rotatable bonds is 7. The molecule has 0 spiro atoms. The topological polar surface area (TPSA) is 73.0 Å². The van der Waals surface area contributed by atoms with E-state index >= 15 is 0 Å². The van der Waals surface area contributed by atoms with Gasteiger partial charge in [-0.3, -0.25) is 9.36 Å². The van der Waals surface area contributed by atoms with Crippen LogP contribution in [0.5, 0.6) is 0 Å². The van der Waals surface area contributed by atoms with E-state index in [0.717, 1.165) is 22.3 Å². The van der Waals surface area contributed by atoms with Crippen LogP contribution >= 0.6 is 23.1 Å². The van der Waals surface area contributed by atoms with Gasteiger partial charge in [-0.05, 0) is 45.4 Å². The highest BCUT2D eigenvalue weighted by atomic mass is 32.2. The number of nitrogens with one attached hydrogen (secondary N) is 1. The number of furan rings is 1. The third kappa shape index (κ3) is 4.02. The number of hydrogen-bond acceptors (Lipinski definition) is 6. The number of thiophene rings is 1. The molecule has 3 heterocycles. The van der Waals surface area contributed by atoms with Gasteiger partial charge in [0.25, 0.3) is 0 Å². The standard InChI is InChI=1S/C18H22N4O2S2/c1-11(2)22-17(15-9-25-13(4)12(15)3)20-21-18(22)26-10-16(23)19-8-14-6-5-7-24-14/h5-7,9,11H,8,10H2,1-4H3,(H,19,23). The van der Waals surface area contributed by atoms with Crippen LogP contribution in [0.15, 0.2) is 33.3 Å². The lowest BCUT2D eigenvalue weighted by Crippen LogP contribution is -2.24. The molecule has 1 N–H and O–H groups in total. The summed E-state index contributed by atoms with van der Waals surface area (Å²) in [5.41, 5.74) is 2.35. The van der Waals surface area contributed by atoms with Crippen molar-refractivity contribution in [3.8, 4) is 11.4 Å². The van der Waals surface area contributed by atoms with Crippen LogP contribution in [0.25, 0.3) is 11.4 Å². The van der Waals surface area contributed by atoms with Crippen LogP contribution in [-0.4, -0.2) is 26.4 Å². The fraction of sp³-hybridized carbons (Fsp3) is 0.389. The molecule has 3 aromatic heterocycles. The predicted octanol–water partition coefficient (Wildman–Crippen LogP) is 4.21. The van der Waals surface area contributed by atoms with Crippen molar-refractivity contribution in [1.82, 2.24) is 20.1 Å². The highest BCUT2D eigenvalue weighted by Crippen LogP contribution is 2.33. The van der Waals surface area contributed by atoms with E-state index in [1.807, 2.05) is 6.07 Å². The largest absolute Gasteiger partial charge is 0.467 e. The van der Waals surface area contributed by atoms with Crippen molar-refractivity contribution >= 4 is 29.0 Å². The number of hydrogen-bond donors (Lipinski definition) is 1. The second kappa shape index (κ2) is 8.09. The lowest BCUT2D eigenvalue weighted by molar-refractivity contribution is -0.118. The summed E-state index contributed by atoms with van der Waals surface area (Å²) in [6.45, 7) is 8.81. The molecule has 0 aliphatic rings. The van der Waals surface area contributed by atoms with Gasteiger partial charge in [-0.25, -0.2) is 0 Å². The third-order valence-electron chi connectivity index (χ3n) is 4.08. The molecule has 0 saturated carbocycles. The molecule has 0 atom stereocenters. The van der Waals surface area contributed by atoms with Gasteiger partial charge < -0.3 is 9.73 Å². The second-order valence-corrected chi connectivity index (χ2v) is 8.27. The first-order valence-electron chi connectivity index (χ1n) is 8.39. The maximum absolute atomic E-state index is 12.1. The van der Waals surface area contributed by atoms with Crippen molar-refractivity contribution in [2.75, 3.05) is 5.75 Å². The molecule has 6 nitrogen and oxygen atoms in total. The molecular formula is C18H22N4O2S2. The SMILES string of the molecule is Cc1scc(-c2nnc(SCC(=O)NCc3ccco3)n2C(C)C)c1C. The summed E-state index contributed by atoms with van der Waals surface area (Å²) in [4.78, 5) is 13.4. The second-order valence-electron chi connectivity index (χ2n) is 6.25. The van der Waals surface area contributed by atoms with E-state index in [1.165, 1.54) is 22.2 Å². The molecule has 0 unspecified atom stereocenters. The summed E-state index contributed by atoms with van der Waals surface area (Å²) in [7, 11) is 0. The van der Waals surface area contributed by atoms with E-state index in [9.17, 15) is 4.79 Å². The smallest absolute Gasteiger partial charge is 0.230 e. The van der Waals surface area contributed by atoms with Gasteiger partial charge in [0.05, 0.1) is 18.6 Å². The van der Waals surface area contributed by atoms with E-state index in [4.69, 9.17) is 4.42 Å². The number of aryl methyl sites for hydroxylation is 1. The van der Waals surface area contributed by atoms with Gasteiger partial charge in [0, 0.05) is 21.9 Å². The molecule has 1 amide bonds. The van der Waals surface area contributed by atoms with Crippen LogP contribution < -0.4 is 5.32 Å². The lowest BCUT2D eigenvalue weighted by atomic mass is 10.1. The van der Waals surface area contributed by atoms with Crippen LogP contribution in [-0.2, 0) is 11.3 Å². The molecular weight excluding hydrogens is 368 g/mol. The highest BCUT2D eigenvalue weighted by Gasteiger charge is 2.20. The molecule has 3 aromatic rings. The summed E-state index contributed by atoms with van der Waals surface area (Å²) in [5, 5.41) is 14.5. The molecule has 0 aliphatic carbocycles. The first kappa shape index (κ1) is 18.7. The Morgan fingerprint density at radius 2 is 2.19 bits per heavy atom. The van der Waals surface area contributed by atoms with Crippen LogP contribution in [0.2, 0.25) is 0 Å². The van der Waals surface area contributed by atoms with Crippen LogP contribution in [0.1, 0.15) is 36.1 Å². The zero-order valence-electron chi connectivity index (χ0n) is 15.3. The molecule has 0 aromatic carbocycles. The fourth-order valence-corrected chi connectivity index (χ4v) is 4.30. The molecule has 0 fully saturated rings. The minimum Gasteiger partial charge on any atom is -0.467 e. The molecule has 0 radical (unpaired) electrons. The fourth-order valence-electron chi connectivity index (χ4n) is 2.54. The Kier molecular flexibility index (Phi) is 5.83. The third-order valence-corrected chi connectivity index (χ3v) is 6.04. The van der Waals surface area contributed by atoms with E-state index in [0.29, 0.717) is 6.54 Å². The molecule has 26 heavy (non-hydrogen) atoms. The summed E-state index contributed by atoms with van der Waals surface area (Å²) < 4.78 is 7.31. The Balaban J connectivity index is 1.70. The quantitative estimate of drug-likeness (QED) is 0.612. The van der Waals surface area contributed by atoms with Crippen molar-refractivity contribution < 1.29 is 9.21 Å². The molecule has 0 bridgehead atoms. The molecule has 0 saturated heterocycles. The zero-order valence-corrected chi connectivity index (χ0v) is 16.9. The van der Waals surface area contributed by atoms with E-state index in [2.05, 4.69) is 53.2 Å². The summed E-state index contributed by atoms with van der Waals surface area (Å²) >= 11 is 3.12. The summed E-state index contributed by atoms with van der Waals surface area (Å²) in [6, 6.07) is 3.84. The first-order chi connectivity index (χ1) is 12.5. The van der Waals surface area contributed by atoms with Gasteiger partial charge in [0.2, 0.25) is 5.91 Å². The van der Waals surface area contributed by atoms with E-state index < -0.39 is 0 Å². The molecule has 0 aliphatic heterocycles. The van der Waals surface area contributed by atoms with Crippen molar-refractivity contribution in [1.29, 1.82) is 0 Å². The number of nitrogens with zero attached hydrogens (tertiary/aromatic N) is 3. The maximum atomic E-state index is 12.1. The minimum atomic E-state index is -0.0613. The molecule has 8 heteroatoms. The Morgan fingerprint density at radius 1 is 1.38 bits per heavy atom. The number of aromatic nitrogens is 3. The number of carbonyl (C=O) groups excluding carboxylic acids is 1. The minimum absolute atomic E-state index is 0.0613. The van der Waals surface area contributed by atoms with Gasteiger partial charge >= 0.3 is 0 Å². The number of thioether (sulfide) groups is 1. The van der Waals surface area contributed by atoms with Gasteiger partial charge in [0.1, 0.15) is 5.76 Å². The molecule has 138 valence electrons. The average molecular weight is 391 g/mol. The number of amides is 1.